The van der Waals surface area contributed by atoms with E-state index in [9.17, 15) is 4.79 Å². The van der Waals surface area contributed by atoms with E-state index in [1.165, 1.54) is 11.3 Å². The SMILES string of the molecule is CN1[C+]=CN(CC(=O)c2cccs2)C1. The molecule has 2 rings (SSSR count). The number of carbonyl (C=O) groups is 1. The van der Waals surface area contributed by atoms with Crippen LogP contribution < -0.4 is 0 Å². The van der Waals surface area contributed by atoms with Crippen LogP contribution in [0.5, 0.6) is 0 Å². The number of hydrogen-bond acceptors (Lipinski definition) is 4. The molecule has 0 amide bonds. The van der Waals surface area contributed by atoms with Crippen molar-refractivity contribution in [2.24, 2.45) is 0 Å². The van der Waals surface area contributed by atoms with E-state index >= 15 is 0 Å². The summed E-state index contributed by atoms with van der Waals surface area (Å²) in [5.41, 5.74) is 0. The molecule has 0 bridgehead atoms. The largest absolute Gasteiger partial charge is 0.391 e. The quantitative estimate of drug-likeness (QED) is 0.553. The number of Topliss-reactive ketones (excluding diaryl/α,β-unsaturated/α-hetero) is 1. The number of carbonyl (C=O) groups excluding carboxylic acids is 1. The fourth-order valence-electron chi connectivity index (χ4n) is 1.33. The highest BCUT2D eigenvalue weighted by Gasteiger charge is 2.23. The third kappa shape index (κ3) is 1.92. The zero-order valence-electron chi connectivity index (χ0n) is 7.93. The first-order valence-corrected chi connectivity index (χ1v) is 5.25. The predicted octanol–water partition coefficient (Wildman–Crippen LogP) is 1.41. The zero-order valence-corrected chi connectivity index (χ0v) is 8.75. The molecule has 0 radical (unpaired) electrons. The lowest BCUT2D eigenvalue weighted by molar-refractivity contribution is 0.0952. The Labute approximate surface area is 87.2 Å². The van der Waals surface area contributed by atoms with Crippen molar-refractivity contribution in [3.05, 3.63) is 34.8 Å². The lowest BCUT2D eigenvalue weighted by Crippen LogP contribution is -2.27. The van der Waals surface area contributed by atoms with Crippen molar-refractivity contribution in [3.63, 3.8) is 0 Å². The van der Waals surface area contributed by atoms with Gasteiger partial charge in [-0.05, 0) is 11.4 Å². The Morgan fingerprint density at radius 2 is 2.57 bits per heavy atom. The molecule has 0 atom stereocenters. The van der Waals surface area contributed by atoms with Crippen molar-refractivity contribution >= 4 is 17.1 Å². The molecule has 0 saturated carbocycles. The van der Waals surface area contributed by atoms with Gasteiger partial charge in [0, 0.05) is 0 Å². The molecule has 0 saturated heterocycles. The molecular weight excluding hydrogens is 196 g/mol. The van der Waals surface area contributed by atoms with Crippen LogP contribution >= 0.6 is 11.3 Å². The third-order valence-corrected chi connectivity index (χ3v) is 2.91. The molecular formula is C10H11N2OS+. The standard InChI is InChI=1S/C10H11N2OS/c1-11-4-5-12(8-11)7-9(13)10-3-2-6-14-10/h2-3,5-6H,7-8H2,1H3/q+1. The Morgan fingerprint density at radius 3 is 3.14 bits per heavy atom. The summed E-state index contributed by atoms with van der Waals surface area (Å²) in [6.45, 7) is 1.19. The molecule has 1 aromatic heterocycles. The van der Waals surface area contributed by atoms with E-state index in [0.717, 1.165) is 11.5 Å². The Kier molecular flexibility index (Phi) is 2.48. The maximum absolute atomic E-state index is 11.7. The predicted molar refractivity (Wildman–Crippen MR) is 55.8 cm³/mol. The van der Waals surface area contributed by atoms with Gasteiger partial charge in [0.15, 0.2) is 5.78 Å². The first-order valence-electron chi connectivity index (χ1n) is 4.37. The van der Waals surface area contributed by atoms with Gasteiger partial charge >= 0.3 is 6.20 Å². The molecule has 2 heterocycles. The second-order valence-electron chi connectivity index (χ2n) is 3.24. The topological polar surface area (TPSA) is 23.6 Å². The van der Waals surface area contributed by atoms with Gasteiger partial charge < -0.3 is 4.90 Å². The fourth-order valence-corrected chi connectivity index (χ4v) is 1.99. The first-order chi connectivity index (χ1) is 6.75. The molecule has 0 aliphatic carbocycles. The van der Waals surface area contributed by atoms with Gasteiger partial charge in [-0.15, -0.1) is 11.3 Å². The van der Waals surface area contributed by atoms with Crippen LogP contribution in [0.4, 0.5) is 0 Å². The summed E-state index contributed by atoms with van der Waals surface area (Å²) >= 11 is 1.49. The molecule has 4 heteroatoms. The molecule has 1 aliphatic rings. The smallest absolute Gasteiger partial charge is 0.303 e. The maximum atomic E-state index is 11.7. The minimum absolute atomic E-state index is 0.174. The van der Waals surface area contributed by atoms with Gasteiger partial charge in [0.2, 0.25) is 0 Å². The number of rotatable bonds is 3. The summed E-state index contributed by atoms with van der Waals surface area (Å²) in [7, 11) is 1.94. The van der Waals surface area contributed by atoms with Crippen LogP contribution in [0.3, 0.4) is 0 Å². The van der Waals surface area contributed by atoms with Crippen molar-refractivity contribution in [1.29, 1.82) is 0 Å². The molecule has 1 aliphatic heterocycles. The maximum Gasteiger partial charge on any atom is 0.391 e. The van der Waals surface area contributed by atoms with Gasteiger partial charge in [0.1, 0.15) is 6.67 Å². The second kappa shape index (κ2) is 3.78. The summed E-state index contributed by atoms with van der Waals surface area (Å²) in [5.74, 6) is 0.174. The van der Waals surface area contributed by atoms with Crippen molar-refractivity contribution < 1.29 is 4.79 Å². The Morgan fingerprint density at radius 1 is 1.71 bits per heavy atom. The van der Waals surface area contributed by atoms with Gasteiger partial charge in [0.25, 0.3) is 6.20 Å². The number of ketones is 1. The van der Waals surface area contributed by atoms with E-state index in [0.29, 0.717) is 6.54 Å². The summed E-state index contributed by atoms with van der Waals surface area (Å²) in [6, 6.07) is 3.76. The van der Waals surface area contributed by atoms with Crippen LogP contribution in [-0.4, -0.2) is 35.8 Å². The molecule has 0 spiro atoms. The number of thiophene rings is 1. The van der Waals surface area contributed by atoms with E-state index in [1.807, 2.05) is 40.6 Å². The Balaban J connectivity index is 1.93. The van der Waals surface area contributed by atoms with Crippen molar-refractivity contribution in [1.82, 2.24) is 9.80 Å². The summed E-state index contributed by atoms with van der Waals surface area (Å²) in [4.78, 5) is 16.4. The lowest BCUT2D eigenvalue weighted by atomic mass is 10.3. The van der Waals surface area contributed by atoms with Crippen molar-refractivity contribution in [2.45, 2.75) is 0 Å². The molecule has 3 nitrogen and oxygen atoms in total. The highest BCUT2D eigenvalue weighted by molar-refractivity contribution is 7.12. The van der Waals surface area contributed by atoms with Crippen molar-refractivity contribution in [2.75, 3.05) is 20.3 Å². The summed E-state index contributed by atoms with van der Waals surface area (Å²) in [5, 5.41) is 1.92. The van der Waals surface area contributed by atoms with Crippen LogP contribution in [0.1, 0.15) is 9.67 Å². The Bertz CT molecular complexity index is 345. The second-order valence-corrected chi connectivity index (χ2v) is 4.19. The molecule has 72 valence electrons. The highest BCUT2D eigenvalue weighted by atomic mass is 32.1. The van der Waals surface area contributed by atoms with Gasteiger partial charge in [-0.1, -0.05) is 6.07 Å². The van der Waals surface area contributed by atoms with Gasteiger partial charge in [-0.2, -0.15) is 4.90 Å². The molecule has 1 aromatic rings. The Hall–Kier alpha value is -1.38. The molecule has 0 N–H and O–H groups in total. The summed E-state index contributed by atoms with van der Waals surface area (Å²) in [6.07, 6.45) is 4.83. The normalized spacial score (nSPS) is 14.6. The van der Waals surface area contributed by atoms with E-state index < -0.39 is 0 Å². The highest BCUT2D eigenvalue weighted by Crippen LogP contribution is 2.11. The van der Waals surface area contributed by atoms with E-state index in [1.54, 1.807) is 0 Å². The van der Waals surface area contributed by atoms with Crippen LogP contribution in [0.15, 0.2) is 23.7 Å². The summed E-state index contributed by atoms with van der Waals surface area (Å²) < 4.78 is 0. The van der Waals surface area contributed by atoms with Crippen LogP contribution in [0, 0.1) is 6.20 Å². The minimum atomic E-state index is 0.174. The molecule has 0 fully saturated rings. The zero-order chi connectivity index (χ0) is 9.97. The van der Waals surface area contributed by atoms with Crippen LogP contribution in [0.2, 0.25) is 0 Å². The van der Waals surface area contributed by atoms with E-state index in [2.05, 4.69) is 6.20 Å². The average molecular weight is 207 g/mol. The van der Waals surface area contributed by atoms with Gasteiger partial charge in [-0.3, -0.25) is 4.79 Å². The first kappa shape index (κ1) is 9.19. The number of nitrogens with zero attached hydrogens (tertiary/aromatic N) is 2. The van der Waals surface area contributed by atoms with E-state index in [4.69, 9.17) is 0 Å². The molecule has 14 heavy (non-hydrogen) atoms. The van der Waals surface area contributed by atoms with Crippen molar-refractivity contribution in [3.8, 4) is 0 Å². The molecule has 0 unspecified atom stereocenters. The average Bonchev–Trinajstić information content (AvgIpc) is 2.75. The number of hydrogen-bond donors (Lipinski definition) is 0. The monoisotopic (exact) mass is 207 g/mol. The molecule has 0 aromatic carbocycles. The van der Waals surface area contributed by atoms with Crippen LogP contribution in [0.25, 0.3) is 0 Å². The van der Waals surface area contributed by atoms with Crippen LogP contribution in [-0.2, 0) is 0 Å². The van der Waals surface area contributed by atoms with Gasteiger partial charge in [0.05, 0.1) is 18.5 Å². The fraction of sp³-hybridized carbons (Fsp3) is 0.300. The van der Waals surface area contributed by atoms with Gasteiger partial charge in [-0.25, -0.2) is 0 Å². The third-order valence-electron chi connectivity index (χ3n) is 2.00. The minimum Gasteiger partial charge on any atom is -0.303 e. The van der Waals surface area contributed by atoms with E-state index in [-0.39, 0.29) is 5.78 Å². The lowest BCUT2D eigenvalue weighted by Gasteiger charge is -2.09.